The number of nitrogens with one attached hydrogen (secondary N) is 1. The van der Waals surface area contributed by atoms with Gasteiger partial charge < -0.3 is 11.1 Å². The van der Waals surface area contributed by atoms with Gasteiger partial charge in [-0.2, -0.15) is 0 Å². The standard InChI is InChI=1S/C13H14N2O3/c1-8(13(14)18)7-12(17)15-11-5-3-10(4-6-11)9(2)16/h3-7H,1-2H3,(H2,14,18)(H,15,17)/b8-7-. The van der Waals surface area contributed by atoms with Crippen LogP contribution in [-0.4, -0.2) is 17.6 Å². The van der Waals surface area contributed by atoms with Gasteiger partial charge in [0.1, 0.15) is 0 Å². The third kappa shape index (κ3) is 3.86. The number of benzene rings is 1. The zero-order chi connectivity index (χ0) is 13.7. The smallest absolute Gasteiger partial charge is 0.248 e. The Morgan fingerprint density at radius 3 is 2.11 bits per heavy atom. The molecule has 0 radical (unpaired) electrons. The monoisotopic (exact) mass is 246 g/mol. The quantitative estimate of drug-likeness (QED) is 0.619. The van der Waals surface area contributed by atoms with Crippen LogP contribution in [0, 0.1) is 0 Å². The summed E-state index contributed by atoms with van der Waals surface area (Å²) in [7, 11) is 0. The Morgan fingerprint density at radius 2 is 1.67 bits per heavy atom. The molecule has 0 fully saturated rings. The first-order valence-corrected chi connectivity index (χ1v) is 5.30. The van der Waals surface area contributed by atoms with E-state index in [0.29, 0.717) is 11.3 Å². The SMILES string of the molecule is CC(=O)c1ccc(NC(=O)/C=C(/C)C(N)=O)cc1. The van der Waals surface area contributed by atoms with Crippen LogP contribution in [0.25, 0.3) is 0 Å². The minimum Gasteiger partial charge on any atom is -0.366 e. The van der Waals surface area contributed by atoms with Crippen molar-refractivity contribution in [2.24, 2.45) is 5.73 Å². The van der Waals surface area contributed by atoms with Gasteiger partial charge in [0.15, 0.2) is 5.78 Å². The molecule has 0 bridgehead atoms. The van der Waals surface area contributed by atoms with Crippen molar-refractivity contribution < 1.29 is 14.4 Å². The van der Waals surface area contributed by atoms with Gasteiger partial charge in [-0.1, -0.05) is 0 Å². The number of ketones is 1. The van der Waals surface area contributed by atoms with Crippen LogP contribution in [0.2, 0.25) is 0 Å². The lowest BCUT2D eigenvalue weighted by Gasteiger charge is -2.03. The molecule has 5 nitrogen and oxygen atoms in total. The van der Waals surface area contributed by atoms with Crippen molar-refractivity contribution in [2.45, 2.75) is 13.8 Å². The van der Waals surface area contributed by atoms with Crippen molar-refractivity contribution >= 4 is 23.3 Å². The van der Waals surface area contributed by atoms with Gasteiger partial charge in [-0.3, -0.25) is 14.4 Å². The van der Waals surface area contributed by atoms with E-state index in [4.69, 9.17) is 5.73 Å². The maximum Gasteiger partial charge on any atom is 0.248 e. The molecule has 0 aliphatic carbocycles. The van der Waals surface area contributed by atoms with Gasteiger partial charge in [0.05, 0.1) is 0 Å². The molecule has 0 saturated heterocycles. The first-order valence-electron chi connectivity index (χ1n) is 5.30. The van der Waals surface area contributed by atoms with E-state index in [2.05, 4.69) is 5.32 Å². The molecule has 0 heterocycles. The number of carbonyl (C=O) groups excluding carboxylic acids is 3. The van der Waals surface area contributed by atoms with Crippen molar-refractivity contribution in [2.75, 3.05) is 5.32 Å². The van der Waals surface area contributed by atoms with E-state index in [9.17, 15) is 14.4 Å². The topological polar surface area (TPSA) is 89.3 Å². The molecule has 3 N–H and O–H groups in total. The van der Waals surface area contributed by atoms with Crippen LogP contribution in [0.4, 0.5) is 5.69 Å². The average Bonchev–Trinajstić information content (AvgIpc) is 2.29. The Hall–Kier alpha value is -2.43. The van der Waals surface area contributed by atoms with Gasteiger partial charge in [-0.25, -0.2) is 0 Å². The molecule has 0 aliphatic heterocycles. The van der Waals surface area contributed by atoms with E-state index in [1.807, 2.05) is 0 Å². The predicted octanol–water partition coefficient (Wildman–Crippen LogP) is 1.26. The minimum absolute atomic E-state index is 0.0441. The molecule has 0 aromatic heterocycles. The van der Waals surface area contributed by atoms with Crippen molar-refractivity contribution in [3.05, 3.63) is 41.5 Å². The number of carbonyl (C=O) groups is 3. The Balaban J connectivity index is 2.74. The molecule has 1 rings (SSSR count). The summed E-state index contributed by atoms with van der Waals surface area (Å²) in [5.74, 6) is -1.13. The van der Waals surface area contributed by atoms with Crippen LogP contribution in [0.3, 0.4) is 0 Å². The molecular weight excluding hydrogens is 232 g/mol. The van der Waals surface area contributed by atoms with E-state index in [0.717, 1.165) is 6.08 Å². The Bertz CT molecular complexity index is 516. The Morgan fingerprint density at radius 1 is 1.11 bits per heavy atom. The summed E-state index contributed by atoms with van der Waals surface area (Å²) in [6, 6.07) is 6.45. The third-order valence-electron chi connectivity index (χ3n) is 2.30. The second-order valence-electron chi connectivity index (χ2n) is 3.81. The van der Waals surface area contributed by atoms with Gasteiger partial charge in [0.2, 0.25) is 11.8 Å². The highest BCUT2D eigenvalue weighted by Gasteiger charge is 2.04. The summed E-state index contributed by atoms with van der Waals surface area (Å²) < 4.78 is 0. The molecule has 0 aliphatic rings. The van der Waals surface area contributed by atoms with Crippen LogP contribution in [0.5, 0.6) is 0 Å². The number of hydrogen-bond donors (Lipinski definition) is 2. The molecule has 94 valence electrons. The van der Waals surface area contributed by atoms with Crippen molar-refractivity contribution in [1.82, 2.24) is 0 Å². The largest absolute Gasteiger partial charge is 0.366 e. The molecule has 0 unspecified atom stereocenters. The van der Waals surface area contributed by atoms with Gasteiger partial charge >= 0.3 is 0 Å². The Kier molecular flexibility index (Phi) is 4.37. The zero-order valence-electron chi connectivity index (χ0n) is 10.2. The summed E-state index contributed by atoms with van der Waals surface area (Å²) in [4.78, 5) is 33.3. The predicted molar refractivity (Wildman–Crippen MR) is 68.0 cm³/mol. The van der Waals surface area contributed by atoms with E-state index >= 15 is 0 Å². The van der Waals surface area contributed by atoms with Crippen LogP contribution in [-0.2, 0) is 9.59 Å². The molecule has 0 spiro atoms. The molecule has 0 atom stereocenters. The lowest BCUT2D eigenvalue weighted by atomic mass is 10.1. The maximum atomic E-state index is 11.5. The van der Waals surface area contributed by atoms with E-state index in [1.54, 1.807) is 24.3 Å². The number of rotatable bonds is 4. The van der Waals surface area contributed by atoms with Gasteiger partial charge in [0, 0.05) is 22.9 Å². The van der Waals surface area contributed by atoms with Crippen LogP contribution >= 0.6 is 0 Å². The molecule has 0 saturated carbocycles. The van der Waals surface area contributed by atoms with Crippen LogP contribution in [0.1, 0.15) is 24.2 Å². The van der Waals surface area contributed by atoms with E-state index in [1.165, 1.54) is 13.8 Å². The number of hydrogen-bond acceptors (Lipinski definition) is 3. The van der Waals surface area contributed by atoms with Crippen molar-refractivity contribution in [1.29, 1.82) is 0 Å². The van der Waals surface area contributed by atoms with Crippen LogP contribution in [0.15, 0.2) is 35.9 Å². The number of amides is 2. The highest BCUT2D eigenvalue weighted by Crippen LogP contribution is 2.10. The van der Waals surface area contributed by atoms with Crippen molar-refractivity contribution in [3.8, 4) is 0 Å². The zero-order valence-corrected chi connectivity index (χ0v) is 10.2. The lowest BCUT2D eigenvalue weighted by molar-refractivity contribution is -0.115. The number of primary amides is 1. The fourth-order valence-electron chi connectivity index (χ4n) is 1.23. The molecule has 18 heavy (non-hydrogen) atoms. The highest BCUT2D eigenvalue weighted by atomic mass is 16.2. The highest BCUT2D eigenvalue weighted by molar-refractivity contribution is 6.05. The second kappa shape index (κ2) is 5.77. The Labute approximate surface area is 105 Å². The van der Waals surface area contributed by atoms with Gasteiger partial charge in [0.25, 0.3) is 0 Å². The van der Waals surface area contributed by atoms with Crippen molar-refractivity contribution in [3.63, 3.8) is 0 Å². The molecule has 1 aromatic carbocycles. The lowest BCUT2D eigenvalue weighted by Crippen LogP contribution is -2.15. The van der Waals surface area contributed by atoms with Gasteiger partial charge in [-0.15, -0.1) is 0 Å². The van der Waals surface area contributed by atoms with Gasteiger partial charge in [-0.05, 0) is 38.1 Å². The van der Waals surface area contributed by atoms with E-state index < -0.39 is 11.8 Å². The summed E-state index contributed by atoms with van der Waals surface area (Å²) in [5, 5.41) is 2.56. The fraction of sp³-hybridized carbons (Fsp3) is 0.154. The average molecular weight is 246 g/mol. The normalized spacial score (nSPS) is 10.9. The maximum absolute atomic E-state index is 11.5. The molecule has 2 amide bonds. The molecule has 1 aromatic rings. The summed E-state index contributed by atoms with van der Waals surface area (Å²) in [6.07, 6.45) is 1.13. The summed E-state index contributed by atoms with van der Waals surface area (Å²) in [5.41, 5.74) is 6.29. The molecular formula is C13H14N2O3. The van der Waals surface area contributed by atoms with Crippen LogP contribution < -0.4 is 11.1 Å². The number of anilines is 1. The number of Topliss-reactive ketones (excluding diaryl/α,β-unsaturated/α-hetero) is 1. The summed E-state index contributed by atoms with van der Waals surface area (Å²) >= 11 is 0. The number of nitrogens with two attached hydrogens (primary N) is 1. The first kappa shape index (κ1) is 13.6. The second-order valence-corrected chi connectivity index (χ2v) is 3.81. The molecule has 5 heteroatoms. The summed E-state index contributed by atoms with van der Waals surface area (Å²) in [6.45, 7) is 2.92. The third-order valence-corrected chi connectivity index (χ3v) is 2.30. The first-order chi connectivity index (χ1) is 8.40. The van der Waals surface area contributed by atoms with E-state index in [-0.39, 0.29) is 11.4 Å². The minimum atomic E-state index is -0.642. The fourth-order valence-corrected chi connectivity index (χ4v) is 1.23.